The predicted molar refractivity (Wildman–Crippen MR) is 89.4 cm³/mol. The third kappa shape index (κ3) is 2.85. The summed E-state index contributed by atoms with van der Waals surface area (Å²) in [5, 5.41) is 3.94. The average Bonchev–Trinajstić information content (AvgIpc) is 2.55. The maximum Gasteiger partial charge on any atom is 0.267 e. The van der Waals surface area contributed by atoms with Crippen molar-refractivity contribution >= 4 is 5.91 Å². The molecule has 0 aliphatic carbocycles. The summed E-state index contributed by atoms with van der Waals surface area (Å²) in [4.78, 5) is 28.2. The predicted octanol–water partition coefficient (Wildman–Crippen LogP) is 0.512. The van der Waals surface area contributed by atoms with Crippen LogP contribution in [0.4, 0.5) is 0 Å². The monoisotopic (exact) mass is 324 g/mol. The molecule has 2 aliphatic heterocycles. The first-order chi connectivity index (χ1) is 11.7. The number of amides is 1. The normalized spacial score (nSPS) is 18.1. The standard InChI is InChI=1S/C18H20N4O2/c23-17-6-3-8-19-22(17)13-18(24)21-11-16(12-21)20-9-7-14-4-1-2-5-15(14)10-20/h1-6,8,16H,7,9-13H2. The first-order valence-electron chi connectivity index (χ1n) is 8.31. The summed E-state index contributed by atoms with van der Waals surface area (Å²) in [5.74, 6) is -0.0375. The van der Waals surface area contributed by atoms with E-state index in [1.165, 1.54) is 28.1 Å². The van der Waals surface area contributed by atoms with E-state index in [0.29, 0.717) is 6.04 Å². The quantitative estimate of drug-likeness (QED) is 0.826. The number of nitrogens with zero attached hydrogens (tertiary/aromatic N) is 4. The van der Waals surface area contributed by atoms with Gasteiger partial charge >= 0.3 is 0 Å². The molecule has 3 heterocycles. The van der Waals surface area contributed by atoms with Gasteiger partial charge in [0.05, 0.1) is 0 Å². The first kappa shape index (κ1) is 15.1. The van der Waals surface area contributed by atoms with E-state index in [1.807, 2.05) is 4.90 Å². The zero-order valence-corrected chi connectivity index (χ0v) is 13.5. The Hall–Kier alpha value is -2.47. The van der Waals surface area contributed by atoms with Gasteiger partial charge in [-0.2, -0.15) is 5.10 Å². The Morgan fingerprint density at radius 1 is 1.12 bits per heavy atom. The van der Waals surface area contributed by atoms with Crippen LogP contribution in [-0.2, 0) is 24.3 Å². The van der Waals surface area contributed by atoms with Gasteiger partial charge in [-0.1, -0.05) is 24.3 Å². The molecule has 4 rings (SSSR count). The van der Waals surface area contributed by atoms with Crippen LogP contribution in [0.3, 0.4) is 0 Å². The number of likely N-dealkylation sites (tertiary alicyclic amines) is 1. The van der Waals surface area contributed by atoms with Gasteiger partial charge in [0.15, 0.2) is 0 Å². The molecule has 0 unspecified atom stereocenters. The Morgan fingerprint density at radius 3 is 2.71 bits per heavy atom. The Kier molecular flexibility index (Phi) is 3.90. The van der Waals surface area contributed by atoms with Gasteiger partial charge in [-0.15, -0.1) is 0 Å². The molecule has 1 aromatic heterocycles. The van der Waals surface area contributed by atoms with E-state index in [-0.39, 0.29) is 18.0 Å². The van der Waals surface area contributed by atoms with Gasteiger partial charge in [-0.3, -0.25) is 14.5 Å². The van der Waals surface area contributed by atoms with E-state index in [9.17, 15) is 9.59 Å². The molecule has 0 atom stereocenters. The Bertz CT molecular complexity index is 810. The van der Waals surface area contributed by atoms with Crippen LogP contribution in [0.2, 0.25) is 0 Å². The Morgan fingerprint density at radius 2 is 1.92 bits per heavy atom. The summed E-state index contributed by atoms with van der Waals surface area (Å²) in [5.41, 5.74) is 2.60. The average molecular weight is 324 g/mol. The van der Waals surface area contributed by atoms with E-state index in [1.54, 1.807) is 6.07 Å². The second kappa shape index (κ2) is 6.20. The van der Waals surface area contributed by atoms with Crippen LogP contribution >= 0.6 is 0 Å². The van der Waals surface area contributed by atoms with Crippen LogP contribution in [0, 0.1) is 0 Å². The SMILES string of the molecule is O=C(Cn1ncccc1=O)N1CC(N2CCc3ccccc3C2)C1. The molecule has 1 saturated heterocycles. The lowest BCUT2D eigenvalue weighted by atomic mass is 9.96. The maximum atomic E-state index is 12.3. The third-order valence-corrected chi connectivity index (χ3v) is 4.96. The molecule has 6 nitrogen and oxygen atoms in total. The number of aromatic nitrogens is 2. The molecule has 6 heteroatoms. The van der Waals surface area contributed by atoms with Gasteiger partial charge in [-0.05, 0) is 23.6 Å². The van der Waals surface area contributed by atoms with E-state index in [4.69, 9.17) is 0 Å². The van der Waals surface area contributed by atoms with Crippen LogP contribution in [-0.4, -0.2) is 51.2 Å². The lowest BCUT2D eigenvalue weighted by Gasteiger charge is -2.46. The fourth-order valence-corrected chi connectivity index (χ4v) is 3.45. The van der Waals surface area contributed by atoms with Crippen molar-refractivity contribution in [1.82, 2.24) is 19.6 Å². The van der Waals surface area contributed by atoms with Crippen LogP contribution < -0.4 is 5.56 Å². The molecule has 124 valence electrons. The van der Waals surface area contributed by atoms with Crippen molar-refractivity contribution in [2.24, 2.45) is 0 Å². The topological polar surface area (TPSA) is 58.4 Å². The van der Waals surface area contributed by atoms with E-state index >= 15 is 0 Å². The number of fused-ring (bicyclic) bond motifs is 1. The minimum absolute atomic E-state index is 0.0230. The van der Waals surface area contributed by atoms with Gasteiger partial charge in [0.25, 0.3) is 5.56 Å². The van der Waals surface area contributed by atoms with Crippen molar-refractivity contribution in [2.45, 2.75) is 25.6 Å². The molecular formula is C18H20N4O2. The van der Waals surface area contributed by atoms with Crippen molar-refractivity contribution < 1.29 is 4.79 Å². The van der Waals surface area contributed by atoms with Crippen molar-refractivity contribution in [3.05, 3.63) is 64.1 Å². The molecule has 1 aromatic carbocycles. The summed E-state index contributed by atoms with van der Waals surface area (Å²) in [6.07, 6.45) is 2.60. The molecule has 2 aromatic rings. The Balaban J connectivity index is 1.33. The van der Waals surface area contributed by atoms with Crippen LogP contribution in [0.25, 0.3) is 0 Å². The second-order valence-electron chi connectivity index (χ2n) is 6.46. The van der Waals surface area contributed by atoms with Gasteiger partial charge in [-0.25, -0.2) is 4.68 Å². The number of carbonyl (C=O) groups excluding carboxylic acids is 1. The molecule has 0 saturated carbocycles. The summed E-state index contributed by atoms with van der Waals surface area (Å²) < 4.78 is 1.22. The lowest BCUT2D eigenvalue weighted by molar-refractivity contribution is -0.139. The molecular weight excluding hydrogens is 304 g/mol. The van der Waals surface area contributed by atoms with Gasteiger partial charge < -0.3 is 4.90 Å². The summed E-state index contributed by atoms with van der Waals surface area (Å²) in [6.45, 7) is 3.51. The van der Waals surface area contributed by atoms with Crippen LogP contribution in [0.1, 0.15) is 11.1 Å². The van der Waals surface area contributed by atoms with E-state index < -0.39 is 0 Å². The maximum absolute atomic E-state index is 12.3. The first-order valence-corrected chi connectivity index (χ1v) is 8.31. The number of benzene rings is 1. The zero-order valence-electron chi connectivity index (χ0n) is 13.5. The van der Waals surface area contributed by atoms with Crippen LogP contribution in [0.5, 0.6) is 0 Å². The highest BCUT2D eigenvalue weighted by molar-refractivity contribution is 5.76. The Labute approximate surface area is 140 Å². The minimum Gasteiger partial charge on any atom is -0.338 e. The molecule has 0 bridgehead atoms. The highest BCUT2D eigenvalue weighted by atomic mass is 16.2. The van der Waals surface area contributed by atoms with Crippen molar-refractivity contribution in [3.63, 3.8) is 0 Å². The minimum atomic E-state index is -0.240. The second-order valence-corrected chi connectivity index (χ2v) is 6.46. The van der Waals surface area contributed by atoms with Crippen molar-refractivity contribution in [2.75, 3.05) is 19.6 Å². The summed E-state index contributed by atoms with van der Waals surface area (Å²) in [6, 6.07) is 12.0. The fourth-order valence-electron chi connectivity index (χ4n) is 3.45. The van der Waals surface area contributed by atoms with Gasteiger partial charge in [0.2, 0.25) is 5.91 Å². The largest absolute Gasteiger partial charge is 0.338 e. The zero-order chi connectivity index (χ0) is 16.5. The van der Waals surface area contributed by atoms with Gasteiger partial charge in [0, 0.05) is 44.5 Å². The highest BCUT2D eigenvalue weighted by Crippen LogP contribution is 2.24. The smallest absolute Gasteiger partial charge is 0.267 e. The molecule has 0 radical (unpaired) electrons. The van der Waals surface area contributed by atoms with Crippen LogP contribution in [0.15, 0.2) is 47.4 Å². The summed E-state index contributed by atoms with van der Waals surface area (Å²) in [7, 11) is 0. The molecule has 0 N–H and O–H groups in total. The van der Waals surface area contributed by atoms with E-state index in [2.05, 4.69) is 34.3 Å². The number of rotatable bonds is 3. The molecule has 24 heavy (non-hydrogen) atoms. The van der Waals surface area contributed by atoms with Gasteiger partial charge in [0.1, 0.15) is 6.54 Å². The number of hydrogen-bond acceptors (Lipinski definition) is 4. The van der Waals surface area contributed by atoms with E-state index in [0.717, 1.165) is 32.6 Å². The summed E-state index contributed by atoms with van der Waals surface area (Å²) >= 11 is 0. The number of hydrogen-bond donors (Lipinski definition) is 0. The van der Waals surface area contributed by atoms with Crippen molar-refractivity contribution in [1.29, 1.82) is 0 Å². The molecule has 1 fully saturated rings. The molecule has 1 amide bonds. The number of carbonyl (C=O) groups is 1. The third-order valence-electron chi connectivity index (χ3n) is 4.96. The van der Waals surface area contributed by atoms with Crippen molar-refractivity contribution in [3.8, 4) is 0 Å². The molecule has 2 aliphatic rings. The highest BCUT2D eigenvalue weighted by Gasteiger charge is 2.35. The fraction of sp³-hybridized carbons (Fsp3) is 0.389. The molecule has 0 spiro atoms. The lowest BCUT2D eigenvalue weighted by Crippen LogP contribution is -2.62.